The first kappa shape index (κ1) is 22.5. The van der Waals surface area contributed by atoms with Gasteiger partial charge in [-0.15, -0.1) is 0 Å². The van der Waals surface area contributed by atoms with Gasteiger partial charge in [-0.2, -0.15) is 0 Å². The Bertz CT molecular complexity index is 1210. The van der Waals surface area contributed by atoms with Crippen LogP contribution in [0.3, 0.4) is 0 Å². The zero-order valence-electron chi connectivity index (χ0n) is 17.5. The summed E-state index contributed by atoms with van der Waals surface area (Å²) in [6, 6.07) is 22.1. The summed E-state index contributed by atoms with van der Waals surface area (Å²) < 4.78 is 0. The molecular formula is C25H20Cl2N2O2S. The van der Waals surface area contributed by atoms with E-state index in [1.54, 1.807) is 12.1 Å². The highest BCUT2D eigenvalue weighted by molar-refractivity contribution is 8.04. The van der Waals surface area contributed by atoms with E-state index in [1.165, 1.54) is 17.8 Å². The average Bonchev–Trinajstić information content (AvgIpc) is 3.01. The molecule has 3 aromatic carbocycles. The molecule has 1 aliphatic heterocycles. The fourth-order valence-corrected chi connectivity index (χ4v) is 4.99. The van der Waals surface area contributed by atoms with Crippen LogP contribution in [-0.2, 0) is 9.59 Å². The minimum absolute atomic E-state index is 0.239. The molecule has 162 valence electrons. The van der Waals surface area contributed by atoms with E-state index in [-0.39, 0.29) is 5.02 Å². The van der Waals surface area contributed by atoms with Crippen molar-refractivity contribution in [2.45, 2.75) is 18.7 Å². The second-order valence-corrected chi connectivity index (χ2v) is 9.14. The second-order valence-electron chi connectivity index (χ2n) is 7.21. The molecule has 2 amide bonds. The van der Waals surface area contributed by atoms with Crippen LogP contribution in [-0.4, -0.2) is 18.4 Å². The highest BCUT2D eigenvalue weighted by atomic mass is 35.5. The lowest BCUT2D eigenvalue weighted by molar-refractivity contribution is -0.120. The molecule has 7 heteroatoms. The van der Waals surface area contributed by atoms with Gasteiger partial charge in [0.1, 0.15) is 10.6 Å². The van der Waals surface area contributed by atoms with Crippen LogP contribution >= 0.6 is 35.0 Å². The molecule has 0 saturated carbocycles. The van der Waals surface area contributed by atoms with Crippen molar-refractivity contribution in [1.29, 1.82) is 0 Å². The number of benzene rings is 3. The molecule has 0 fully saturated rings. The van der Waals surface area contributed by atoms with Crippen molar-refractivity contribution in [3.05, 3.63) is 99.0 Å². The van der Waals surface area contributed by atoms with E-state index in [4.69, 9.17) is 23.2 Å². The number of para-hydroxylation sites is 1. The van der Waals surface area contributed by atoms with Crippen molar-refractivity contribution >= 4 is 58.2 Å². The van der Waals surface area contributed by atoms with Crippen molar-refractivity contribution in [2.75, 3.05) is 16.3 Å². The molecule has 0 unspecified atom stereocenters. The van der Waals surface area contributed by atoms with Gasteiger partial charge in [0, 0.05) is 22.2 Å². The molecule has 0 radical (unpaired) electrons. The third-order valence-corrected chi connectivity index (χ3v) is 6.68. The smallest absolute Gasteiger partial charge is 0.283 e. The summed E-state index contributed by atoms with van der Waals surface area (Å²) in [5, 5.41) is 0.669. The number of imide groups is 1. The number of carbonyl (C=O) groups excluding carboxylic acids is 2. The normalized spacial score (nSPS) is 13.8. The number of anilines is 2. The third kappa shape index (κ3) is 4.29. The fourth-order valence-electron chi connectivity index (χ4n) is 3.51. The van der Waals surface area contributed by atoms with Gasteiger partial charge in [0.2, 0.25) is 0 Å². The van der Waals surface area contributed by atoms with Crippen LogP contribution in [0.2, 0.25) is 10.0 Å². The van der Waals surface area contributed by atoms with Crippen LogP contribution in [0.4, 0.5) is 11.4 Å². The number of rotatable bonds is 6. The summed E-state index contributed by atoms with van der Waals surface area (Å²) in [7, 11) is 0. The van der Waals surface area contributed by atoms with Gasteiger partial charge in [0.25, 0.3) is 11.8 Å². The maximum Gasteiger partial charge on any atom is 0.283 e. The van der Waals surface area contributed by atoms with Gasteiger partial charge >= 0.3 is 0 Å². The second kappa shape index (κ2) is 9.41. The summed E-state index contributed by atoms with van der Waals surface area (Å²) in [4.78, 5) is 31.5. The van der Waals surface area contributed by atoms with Gasteiger partial charge in [-0.1, -0.05) is 70.9 Å². The largest absolute Gasteiger partial charge is 0.336 e. The van der Waals surface area contributed by atoms with E-state index in [1.807, 2.05) is 73.3 Å². The number of halogens is 2. The van der Waals surface area contributed by atoms with E-state index in [9.17, 15) is 9.59 Å². The van der Waals surface area contributed by atoms with E-state index in [2.05, 4.69) is 0 Å². The molecule has 1 aliphatic rings. The number of likely N-dealkylation sites (N-methyl/N-ethyl adjacent to an activating group) is 1. The maximum atomic E-state index is 13.7. The Morgan fingerprint density at radius 3 is 2.22 bits per heavy atom. The first-order chi connectivity index (χ1) is 15.4. The van der Waals surface area contributed by atoms with Crippen molar-refractivity contribution in [2.24, 2.45) is 0 Å². The van der Waals surface area contributed by atoms with Gasteiger partial charge in [0.05, 0.1) is 10.7 Å². The minimum atomic E-state index is -0.417. The Hall–Kier alpha value is -2.73. The summed E-state index contributed by atoms with van der Waals surface area (Å²) >= 11 is 13.7. The topological polar surface area (TPSA) is 40.6 Å². The van der Waals surface area contributed by atoms with Crippen LogP contribution < -0.4 is 9.80 Å². The lowest BCUT2D eigenvalue weighted by Gasteiger charge is -2.25. The predicted molar refractivity (Wildman–Crippen MR) is 132 cm³/mol. The SMILES string of the molecule is CCN(C1=C(Sc2ccc(C)cc2)C(=O)N(c2ccc(Cl)cc2Cl)C1=O)c1ccccc1. The number of hydrogen-bond acceptors (Lipinski definition) is 4. The van der Waals surface area contributed by atoms with Gasteiger partial charge in [-0.05, 0) is 56.3 Å². The molecule has 3 aromatic rings. The molecule has 0 saturated heterocycles. The number of amides is 2. The first-order valence-electron chi connectivity index (χ1n) is 10.1. The van der Waals surface area contributed by atoms with Crippen LogP contribution in [0, 0.1) is 6.92 Å². The summed E-state index contributed by atoms with van der Waals surface area (Å²) in [5.74, 6) is -0.825. The molecule has 1 heterocycles. The minimum Gasteiger partial charge on any atom is -0.336 e. The van der Waals surface area contributed by atoms with Crippen molar-refractivity contribution in [1.82, 2.24) is 0 Å². The van der Waals surface area contributed by atoms with Crippen molar-refractivity contribution in [3.8, 4) is 0 Å². The molecule has 0 aromatic heterocycles. The first-order valence-corrected chi connectivity index (χ1v) is 11.6. The maximum absolute atomic E-state index is 13.7. The van der Waals surface area contributed by atoms with Crippen molar-refractivity contribution in [3.63, 3.8) is 0 Å². The van der Waals surface area contributed by atoms with E-state index < -0.39 is 11.8 Å². The van der Waals surface area contributed by atoms with Crippen LogP contribution in [0.5, 0.6) is 0 Å². The Morgan fingerprint density at radius 1 is 0.906 bits per heavy atom. The van der Waals surface area contributed by atoms with Gasteiger partial charge in [0.15, 0.2) is 0 Å². The Morgan fingerprint density at radius 2 is 1.59 bits per heavy atom. The van der Waals surface area contributed by atoms with E-state index in [0.717, 1.165) is 21.0 Å². The molecule has 4 rings (SSSR count). The summed E-state index contributed by atoms with van der Waals surface area (Å²) in [6.45, 7) is 4.46. The molecule has 4 nitrogen and oxygen atoms in total. The van der Waals surface area contributed by atoms with Crippen molar-refractivity contribution < 1.29 is 9.59 Å². The number of aryl methyl sites for hydroxylation is 1. The average molecular weight is 483 g/mol. The van der Waals surface area contributed by atoms with Crippen LogP contribution in [0.25, 0.3) is 0 Å². The molecule has 0 atom stereocenters. The summed E-state index contributed by atoms with van der Waals surface area (Å²) in [5.41, 5.74) is 2.59. The lowest BCUT2D eigenvalue weighted by atomic mass is 10.2. The number of thioether (sulfide) groups is 1. The van der Waals surface area contributed by atoms with Gasteiger partial charge < -0.3 is 4.90 Å². The lowest BCUT2D eigenvalue weighted by Crippen LogP contribution is -2.35. The molecule has 32 heavy (non-hydrogen) atoms. The molecule has 0 bridgehead atoms. The monoisotopic (exact) mass is 482 g/mol. The summed E-state index contributed by atoms with van der Waals surface area (Å²) in [6.07, 6.45) is 0. The third-order valence-electron chi connectivity index (χ3n) is 5.06. The number of carbonyl (C=O) groups is 2. The molecular weight excluding hydrogens is 463 g/mol. The van der Waals surface area contributed by atoms with Gasteiger partial charge in [-0.25, -0.2) is 4.90 Å². The Kier molecular flexibility index (Phi) is 6.60. The molecule has 0 spiro atoms. The quantitative estimate of drug-likeness (QED) is 0.366. The van der Waals surface area contributed by atoms with Crippen LogP contribution in [0.1, 0.15) is 12.5 Å². The zero-order valence-corrected chi connectivity index (χ0v) is 19.8. The molecule has 0 aliphatic carbocycles. The van der Waals surface area contributed by atoms with E-state index in [0.29, 0.717) is 27.9 Å². The Labute approximate surface area is 201 Å². The molecule has 0 N–H and O–H groups in total. The van der Waals surface area contributed by atoms with Crippen LogP contribution in [0.15, 0.2) is 88.3 Å². The van der Waals surface area contributed by atoms with E-state index >= 15 is 0 Å². The number of hydrogen-bond donors (Lipinski definition) is 0. The number of nitrogens with zero attached hydrogens (tertiary/aromatic N) is 2. The Balaban J connectivity index is 1.84. The standard InChI is InChI=1S/C25H20Cl2N2O2S/c1-3-28(18-7-5-4-6-8-18)22-23(32-19-12-9-16(2)10-13-19)25(31)29(24(22)30)21-14-11-17(26)15-20(21)27/h4-15H,3H2,1-2H3. The highest BCUT2D eigenvalue weighted by Crippen LogP contribution is 2.42. The fraction of sp³-hybridized carbons (Fsp3) is 0.120. The van der Waals surface area contributed by atoms with Gasteiger partial charge in [-0.3, -0.25) is 9.59 Å². The predicted octanol–water partition coefficient (Wildman–Crippen LogP) is 6.71. The highest BCUT2D eigenvalue weighted by Gasteiger charge is 2.43. The zero-order chi connectivity index (χ0) is 22.8.